The van der Waals surface area contributed by atoms with Crippen molar-refractivity contribution >= 4 is 22.9 Å². The first kappa shape index (κ1) is 21.9. The molecule has 0 spiro atoms. The number of hydrogen-bond donors (Lipinski definition) is 1. The highest BCUT2D eigenvalue weighted by Crippen LogP contribution is 2.36. The molecule has 1 saturated carbocycles. The van der Waals surface area contributed by atoms with Gasteiger partial charge in [0.1, 0.15) is 5.82 Å². The molecule has 8 nitrogen and oxygen atoms in total. The Balaban J connectivity index is 1.71. The highest BCUT2D eigenvalue weighted by Gasteiger charge is 2.24. The van der Waals surface area contributed by atoms with Gasteiger partial charge in [0.15, 0.2) is 16.3 Å². The first-order valence-electron chi connectivity index (χ1n) is 11.4. The van der Waals surface area contributed by atoms with E-state index in [0.29, 0.717) is 36.0 Å². The second-order valence-electron chi connectivity index (χ2n) is 8.37. The van der Waals surface area contributed by atoms with Crippen molar-refractivity contribution in [1.29, 1.82) is 0 Å². The van der Waals surface area contributed by atoms with Crippen LogP contribution in [0.25, 0.3) is 11.2 Å². The predicted molar refractivity (Wildman–Crippen MR) is 124 cm³/mol. The number of aromatic nitrogens is 6. The summed E-state index contributed by atoms with van der Waals surface area (Å²) in [6.07, 6.45) is 6.78. The van der Waals surface area contributed by atoms with Gasteiger partial charge in [-0.2, -0.15) is 0 Å². The summed E-state index contributed by atoms with van der Waals surface area (Å²) in [5.74, 6) is 1.41. The largest absolute Gasteiger partial charge is 0.330 e. The van der Waals surface area contributed by atoms with Gasteiger partial charge < -0.3 is 9.13 Å². The topological polar surface area (TPSA) is 90.5 Å². The van der Waals surface area contributed by atoms with Crippen LogP contribution >= 0.6 is 11.8 Å². The average Bonchev–Trinajstić information content (AvgIpc) is 3.45. The van der Waals surface area contributed by atoms with E-state index in [-0.39, 0.29) is 11.2 Å². The average molecular weight is 445 g/mol. The van der Waals surface area contributed by atoms with Crippen molar-refractivity contribution in [3.63, 3.8) is 0 Å². The molecule has 9 heteroatoms. The number of unbranched alkanes of at least 4 members (excludes halogenated alkanes) is 1. The van der Waals surface area contributed by atoms with E-state index in [1.807, 2.05) is 11.5 Å². The molecule has 1 aliphatic rings. The van der Waals surface area contributed by atoms with Gasteiger partial charge in [0.2, 0.25) is 0 Å². The molecule has 31 heavy (non-hydrogen) atoms. The summed E-state index contributed by atoms with van der Waals surface area (Å²) in [4.78, 5) is 37.1. The standard InChI is InChI=1S/C22H32N6O2S/c1-5-7-12-27-19-18(20(29)25-21(27)30)26(6-2)17(24-19)13-31-22-23-14(3)15(4)28(22)16-10-8-9-11-16/h16H,5-13H2,1-4H3,(H,25,29,30). The molecule has 1 aliphatic carbocycles. The van der Waals surface area contributed by atoms with E-state index in [4.69, 9.17) is 9.97 Å². The molecule has 3 aromatic heterocycles. The van der Waals surface area contributed by atoms with Gasteiger partial charge in [-0.25, -0.2) is 14.8 Å². The first-order chi connectivity index (χ1) is 15.0. The van der Waals surface area contributed by atoms with Crippen LogP contribution in [-0.2, 0) is 18.8 Å². The number of imidazole rings is 2. The maximum atomic E-state index is 12.6. The van der Waals surface area contributed by atoms with Crippen LogP contribution in [0.1, 0.15) is 75.6 Å². The molecular weight excluding hydrogens is 412 g/mol. The Morgan fingerprint density at radius 3 is 2.52 bits per heavy atom. The summed E-state index contributed by atoms with van der Waals surface area (Å²) in [5, 5.41) is 1.02. The van der Waals surface area contributed by atoms with Crippen molar-refractivity contribution in [3.05, 3.63) is 38.1 Å². The second kappa shape index (κ2) is 9.06. The summed E-state index contributed by atoms with van der Waals surface area (Å²) in [7, 11) is 0. The molecule has 3 aromatic rings. The lowest BCUT2D eigenvalue weighted by atomic mass is 10.2. The molecule has 0 bridgehead atoms. The van der Waals surface area contributed by atoms with Gasteiger partial charge in [-0.3, -0.25) is 14.3 Å². The van der Waals surface area contributed by atoms with E-state index in [9.17, 15) is 9.59 Å². The third-order valence-electron chi connectivity index (χ3n) is 6.39. The Labute approximate surface area is 186 Å². The van der Waals surface area contributed by atoms with E-state index in [2.05, 4.69) is 30.3 Å². The number of aryl methyl sites for hydroxylation is 3. The van der Waals surface area contributed by atoms with Crippen molar-refractivity contribution in [1.82, 2.24) is 28.7 Å². The summed E-state index contributed by atoms with van der Waals surface area (Å²) in [6.45, 7) is 9.48. The van der Waals surface area contributed by atoms with Gasteiger partial charge in [0.25, 0.3) is 5.56 Å². The number of nitrogens with one attached hydrogen (secondary N) is 1. The quantitative estimate of drug-likeness (QED) is 0.532. The molecule has 1 fully saturated rings. The zero-order chi connectivity index (χ0) is 22.1. The third-order valence-corrected chi connectivity index (χ3v) is 7.34. The SMILES string of the molecule is CCCCn1c(=O)[nH]c(=O)c2c1nc(CSc1nc(C)c(C)n1C1CCCC1)n2CC. The third kappa shape index (κ3) is 4.00. The smallest absolute Gasteiger partial charge is 0.322 e. The van der Waals surface area contributed by atoms with Gasteiger partial charge in [-0.1, -0.05) is 37.9 Å². The van der Waals surface area contributed by atoms with Crippen molar-refractivity contribution < 1.29 is 0 Å². The van der Waals surface area contributed by atoms with Gasteiger partial charge in [-0.05, 0) is 40.0 Å². The molecule has 0 unspecified atom stereocenters. The molecule has 0 amide bonds. The number of H-pyrrole nitrogens is 1. The van der Waals surface area contributed by atoms with Crippen molar-refractivity contribution in [2.75, 3.05) is 0 Å². The lowest BCUT2D eigenvalue weighted by Crippen LogP contribution is -2.31. The molecule has 0 saturated heterocycles. The highest BCUT2D eigenvalue weighted by molar-refractivity contribution is 7.98. The maximum Gasteiger partial charge on any atom is 0.330 e. The van der Waals surface area contributed by atoms with E-state index < -0.39 is 0 Å². The Hall–Kier alpha value is -2.29. The zero-order valence-electron chi connectivity index (χ0n) is 18.9. The predicted octanol–water partition coefficient (Wildman–Crippen LogP) is 3.93. The Morgan fingerprint density at radius 1 is 1.10 bits per heavy atom. The van der Waals surface area contributed by atoms with Gasteiger partial charge in [0.05, 0.1) is 11.4 Å². The second-order valence-corrected chi connectivity index (χ2v) is 9.31. The number of thioether (sulfide) groups is 1. The van der Waals surface area contributed by atoms with E-state index >= 15 is 0 Å². The fraction of sp³-hybridized carbons (Fsp3) is 0.636. The van der Waals surface area contributed by atoms with Crippen molar-refractivity contribution in [3.8, 4) is 0 Å². The van der Waals surface area contributed by atoms with E-state index in [1.165, 1.54) is 31.4 Å². The summed E-state index contributed by atoms with van der Waals surface area (Å²) < 4.78 is 5.94. The van der Waals surface area contributed by atoms with Crippen LogP contribution < -0.4 is 11.2 Å². The van der Waals surface area contributed by atoms with Gasteiger partial charge >= 0.3 is 5.69 Å². The van der Waals surface area contributed by atoms with Crippen LogP contribution in [0, 0.1) is 13.8 Å². The fourth-order valence-corrected chi connectivity index (χ4v) is 5.72. The summed E-state index contributed by atoms with van der Waals surface area (Å²) in [6, 6.07) is 0.524. The maximum absolute atomic E-state index is 12.6. The summed E-state index contributed by atoms with van der Waals surface area (Å²) >= 11 is 1.67. The molecule has 168 valence electrons. The van der Waals surface area contributed by atoms with Crippen molar-refractivity contribution in [2.45, 2.75) is 96.3 Å². The molecule has 1 N–H and O–H groups in total. The Morgan fingerprint density at radius 2 is 1.84 bits per heavy atom. The normalized spacial score (nSPS) is 14.8. The number of nitrogens with zero attached hydrogens (tertiary/aromatic N) is 5. The monoisotopic (exact) mass is 444 g/mol. The zero-order valence-corrected chi connectivity index (χ0v) is 19.7. The van der Waals surface area contributed by atoms with Crippen LogP contribution in [0.15, 0.2) is 14.7 Å². The number of fused-ring (bicyclic) bond motifs is 1. The van der Waals surface area contributed by atoms with Crippen molar-refractivity contribution in [2.24, 2.45) is 0 Å². The van der Waals surface area contributed by atoms with Crippen LogP contribution in [0.4, 0.5) is 0 Å². The molecule has 0 atom stereocenters. The van der Waals surface area contributed by atoms with Gasteiger partial charge in [0, 0.05) is 24.8 Å². The Bertz CT molecular complexity index is 1200. The molecule has 4 rings (SSSR count). The molecule has 3 heterocycles. The minimum atomic E-state index is -0.381. The fourth-order valence-electron chi connectivity index (χ4n) is 4.61. The molecule has 0 aliphatic heterocycles. The van der Waals surface area contributed by atoms with E-state index in [1.54, 1.807) is 16.3 Å². The number of aromatic amines is 1. The van der Waals surface area contributed by atoms with E-state index in [0.717, 1.165) is 29.5 Å². The number of hydrogen-bond acceptors (Lipinski definition) is 5. The minimum Gasteiger partial charge on any atom is -0.322 e. The van der Waals surface area contributed by atoms with Crippen LogP contribution in [0.3, 0.4) is 0 Å². The Kier molecular flexibility index (Phi) is 6.41. The molecule has 0 aromatic carbocycles. The summed E-state index contributed by atoms with van der Waals surface area (Å²) in [5.41, 5.74) is 2.55. The van der Waals surface area contributed by atoms with Gasteiger partial charge in [-0.15, -0.1) is 0 Å². The molecular formula is C22H32N6O2S. The van der Waals surface area contributed by atoms with Crippen LogP contribution in [0.2, 0.25) is 0 Å². The lowest BCUT2D eigenvalue weighted by Gasteiger charge is -2.17. The minimum absolute atomic E-state index is 0.363. The first-order valence-corrected chi connectivity index (χ1v) is 12.3. The van der Waals surface area contributed by atoms with Crippen LogP contribution in [0.5, 0.6) is 0 Å². The highest BCUT2D eigenvalue weighted by atomic mass is 32.2. The lowest BCUT2D eigenvalue weighted by molar-refractivity contribution is 0.471. The molecule has 0 radical (unpaired) electrons. The van der Waals surface area contributed by atoms with Crippen LogP contribution in [-0.4, -0.2) is 28.7 Å². The number of rotatable bonds is 8.